The molecule has 0 aliphatic heterocycles. The van der Waals surface area contributed by atoms with Crippen LogP contribution in [0.3, 0.4) is 0 Å². The smallest absolute Gasteiger partial charge is 0.264 e. The Hall–Kier alpha value is -3.36. The molecule has 0 heterocycles. The largest absolute Gasteiger partial charge is 0.352 e. The first-order chi connectivity index (χ1) is 18.4. The summed E-state index contributed by atoms with van der Waals surface area (Å²) in [7, 11) is -4.14. The van der Waals surface area contributed by atoms with E-state index >= 15 is 0 Å². The second-order valence-electron chi connectivity index (χ2n) is 9.84. The maximum atomic E-state index is 14.1. The van der Waals surface area contributed by atoms with E-state index < -0.39 is 28.5 Å². The molecule has 3 rings (SSSR count). The molecule has 1 atom stereocenters. The minimum Gasteiger partial charge on any atom is -0.352 e. The Morgan fingerprint density at radius 1 is 0.949 bits per heavy atom. The topological polar surface area (TPSA) is 86.8 Å². The highest BCUT2D eigenvalue weighted by molar-refractivity contribution is 7.92. The third-order valence-electron chi connectivity index (χ3n) is 6.40. The van der Waals surface area contributed by atoms with Crippen LogP contribution in [0.15, 0.2) is 77.7 Å². The number of nitrogens with one attached hydrogen (secondary N) is 1. The van der Waals surface area contributed by atoms with Gasteiger partial charge in [0.05, 0.1) is 10.6 Å². The van der Waals surface area contributed by atoms with Crippen LogP contribution in [0.2, 0.25) is 5.02 Å². The molecule has 0 aromatic heterocycles. The highest BCUT2D eigenvalue weighted by Crippen LogP contribution is 2.27. The molecule has 39 heavy (non-hydrogen) atoms. The van der Waals surface area contributed by atoms with Gasteiger partial charge in [0.25, 0.3) is 10.0 Å². The van der Waals surface area contributed by atoms with Gasteiger partial charge in [-0.25, -0.2) is 8.42 Å². The zero-order valence-electron chi connectivity index (χ0n) is 23.0. The van der Waals surface area contributed by atoms with E-state index in [0.29, 0.717) is 11.4 Å². The van der Waals surface area contributed by atoms with Gasteiger partial charge in [-0.15, -0.1) is 0 Å². The first-order valence-electron chi connectivity index (χ1n) is 12.9. The summed E-state index contributed by atoms with van der Waals surface area (Å²) in [6.45, 7) is 9.00. The molecule has 3 aromatic carbocycles. The number of hydrogen-bond acceptors (Lipinski definition) is 4. The average Bonchev–Trinajstić information content (AvgIpc) is 2.87. The second kappa shape index (κ2) is 13.1. The van der Waals surface area contributed by atoms with E-state index in [1.54, 1.807) is 30.3 Å². The predicted molar refractivity (Wildman–Crippen MR) is 156 cm³/mol. The van der Waals surface area contributed by atoms with E-state index in [9.17, 15) is 18.0 Å². The lowest BCUT2D eigenvalue weighted by Gasteiger charge is -2.34. The summed E-state index contributed by atoms with van der Waals surface area (Å²) in [5.41, 5.74) is 3.00. The first-order valence-corrected chi connectivity index (χ1v) is 14.7. The maximum absolute atomic E-state index is 14.1. The lowest BCUT2D eigenvalue weighted by molar-refractivity contribution is -0.140. The average molecular weight is 570 g/mol. The van der Waals surface area contributed by atoms with Gasteiger partial charge >= 0.3 is 0 Å². The van der Waals surface area contributed by atoms with Gasteiger partial charge in [-0.3, -0.25) is 13.9 Å². The number of anilines is 1. The zero-order valence-corrected chi connectivity index (χ0v) is 24.6. The van der Waals surface area contributed by atoms with E-state index in [0.717, 1.165) is 21.0 Å². The third kappa shape index (κ3) is 7.61. The molecule has 0 saturated heterocycles. The van der Waals surface area contributed by atoms with Gasteiger partial charge in [0, 0.05) is 17.6 Å². The van der Waals surface area contributed by atoms with Crippen LogP contribution < -0.4 is 9.62 Å². The van der Waals surface area contributed by atoms with Crippen LogP contribution in [0.4, 0.5) is 5.69 Å². The van der Waals surface area contributed by atoms with Crippen molar-refractivity contribution < 1.29 is 18.0 Å². The van der Waals surface area contributed by atoms with Gasteiger partial charge in [0.15, 0.2) is 0 Å². The molecular weight excluding hydrogens is 534 g/mol. The molecule has 7 nitrogen and oxygen atoms in total. The standard InChI is InChI=1S/C30H36ClN3O4S/c1-6-28(30(36)32-21(2)3)33(19-24-11-8-7-10-23(24)5)29(35)20-34(26-13-9-12-25(31)18-26)39(37,38)27-16-14-22(4)15-17-27/h7-18,21,28H,6,19-20H2,1-5H3,(H,32,36)/t28-/m0/s1. The fraction of sp³-hybridized carbons (Fsp3) is 0.333. The molecule has 0 unspecified atom stereocenters. The molecule has 0 aliphatic carbocycles. The summed E-state index contributed by atoms with van der Waals surface area (Å²) in [6, 6.07) is 19.5. The lowest BCUT2D eigenvalue weighted by Crippen LogP contribution is -2.53. The van der Waals surface area contributed by atoms with Crippen LogP contribution in [0, 0.1) is 13.8 Å². The predicted octanol–water partition coefficient (Wildman–Crippen LogP) is 5.48. The molecule has 208 valence electrons. The summed E-state index contributed by atoms with van der Waals surface area (Å²) in [5, 5.41) is 3.24. The van der Waals surface area contributed by atoms with E-state index in [4.69, 9.17) is 11.6 Å². The van der Waals surface area contributed by atoms with Crippen molar-refractivity contribution >= 4 is 39.1 Å². The summed E-state index contributed by atoms with van der Waals surface area (Å²) >= 11 is 6.22. The lowest BCUT2D eigenvalue weighted by atomic mass is 10.1. The number of hydrogen-bond donors (Lipinski definition) is 1. The van der Waals surface area contributed by atoms with E-state index in [1.807, 2.05) is 58.9 Å². The molecule has 2 amide bonds. The quantitative estimate of drug-likeness (QED) is 0.331. The molecule has 1 N–H and O–H groups in total. The van der Waals surface area contributed by atoms with Gasteiger partial charge < -0.3 is 10.2 Å². The number of sulfonamides is 1. The van der Waals surface area contributed by atoms with E-state index in [2.05, 4.69) is 5.32 Å². The molecule has 0 bridgehead atoms. The summed E-state index contributed by atoms with van der Waals surface area (Å²) in [6.07, 6.45) is 0.359. The highest BCUT2D eigenvalue weighted by Gasteiger charge is 2.34. The monoisotopic (exact) mass is 569 g/mol. The fourth-order valence-electron chi connectivity index (χ4n) is 4.27. The summed E-state index contributed by atoms with van der Waals surface area (Å²) < 4.78 is 28.8. The Morgan fingerprint density at radius 3 is 2.21 bits per heavy atom. The normalized spacial score (nSPS) is 12.2. The van der Waals surface area contributed by atoms with Crippen molar-refractivity contribution in [2.75, 3.05) is 10.8 Å². The maximum Gasteiger partial charge on any atom is 0.264 e. The summed E-state index contributed by atoms with van der Waals surface area (Å²) in [4.78, 5) is 28.8. The number of aryl methyl sites for hydroxylation is 2. The van der Waals surface area contributed by atoms with Gasteiger partial charge in [0.2, 0.25) is 11.8 Å². The van der Waals surface area contributed by atoms with Crippen LogP contribution in [0.1, 0.15) is 43.9 Å². The van der Waals surface area contributed by atoms with Crippen LogP contribution in [0.25, 0.3) is 0 Å². The molecule has 0 saturated carbocycles. The second-order valence-corrected chi connectivity index (χ2v) is 12.1. The third-order valence-corrected chi connectivity index (χ3v) is 8.43. The SMILES string of the molecule is CC[C@@H](C(=O)NC(C)C)N(Cc1ccccc1C)C(=O)CN(c1cccc(Cl)c1)S(=O)(=O)c1ccc(C)cc1. The first kappa shape index (κ1) is 30.2. The minimum absolute atomic E-state index is 0.0518. The number of carbonyl (C=O) groups excluding carboxylic acids is 2. The molecule has 3 aromatic rings. The molecule has 0 aliphatic rings. The van der Waals surface area contributed by atoms with Crippen LogP contribution >= 0.6 is 11.6 Å². The van der Waals surface area contributed by atoms with Crippen molar-refractivity contribution in [3.8, 4) is 0 Å². The minimum atomic E-state index is -4.14. The molecular formula is C30H36ClN3O4S. The Bertz CT molecular complexity index is 1410. The van der Waals surface area contributed by atoms with Crippen molar-refractivity contribution in [2.45, 2.75) is 64.6 Å². The van der Waals surface area contributed by atoms with Gasteiger partial charge in [-0.05, 0) is 75.6 Å². The number of rotatable bonds is 11. The van der Waals surface area contributed by atoms with Crippen molar-refractivity contribution in [3.63, 3.8) is 0 Å². The number of nitrogens with zero attached hydrogens (tertiary/aromatic N) is 2. The van der Waals surface area contributed by atoms with Crippen LogP contribution in [-0.2, 0) is 26.2 Å². The number of halogens is 1. The molecule has 0 spiro atoms. The van der Waals surface area contributed by atoms with Crippen LogP contribution in [-0.4, -0.2) is 43.8 Å². The number of benzene rings is 3. The Labute approximate surface area is 236 Å². The van der Waals surface area contributed by atoms with Crippen molar-refractivity contribution in [3.05, 3.63) is 94.5 Å². The van der Waals surface area contributed by atoms with Gasteiger partial charge in [0.1, 0.15) is 12.6 Å². The van der Waals surface area contributed by atoms with Gasteiger partial charge in [-0.2, -0.15) is 0 Å². The Balaban J connectivity index is 2.08. The summed E-state index contributed by atoms with van der Waals surface area (Å²) in [5.74, 6) is -0.787. The fourth-order valence-corrected chi connectivity index (χ4v) is 5.86. The Kier molecular flexibility index (Phi) is 10.2. The van der Waals surface area contributed by atoms with E-state index in [1.165, 1.54) is 23.1 Å². The highest BCUT2D eigenvalue weighted by atomic mass is 35.5. The van der Waals surface area contributed by atoms with Crippen molar-refractivity contribution in [1.29, 1.82) is 0 Å². The molecule has 9 heteroatoms. The number of carbonyl (C=O) groups is 2. The van der Waals surface area contributed by atoms with Crippen LogP contribution in [0.5, 0.6) is 0 Å². The molecule has 0 radical (unpaired) electrons. The number of amides is 2. The van der Waals surface area contributed by atoms with Gasteiger partial charge in [-0.1, -0.05) is 66.6 Å². The van der Waals surface area contributed by atoms with Crippen molar-refractivity contribution in [2.24, 2.45) is 0 Å². The Morgan fingerprint density at radius 2 is 1.62 bits per heavy atom. The van der Waals surface area contributed by atoms with E-state index in [-0.39, 0.29) is 29.1 Å². The zero-order chi connectivity index (χ0) is 28.7. The van der Waals surface area contributed by atoms with Crippen molar-refractivity contribution in [1.82, 2.24) is 10.2 Å². The molecule has 0 fully saturated rings.